The summed E-state index contributed by atoms with van der Waals surface area (Å²) >= 11 is 0. The predicted molar refractivity (Wildman–Crippen MR) is 89.1 cm³/mol. The van der Waals surface area contributed by atoms with Crippen molar-refractivity contribution in [2.75, 3.05) is 0 Å². The van der Waals surface area contributed by atoms with Gasteiger partial charge in [-0.15, -0.1) is 0 Å². The molecule has 0 heterocycles. The van der Waals surface area contributed by atoms with Gasteiger partial charge in [-0.3, -0.25) is 20.2 Å². The Hall–Kier alpha value is -2.97. The number of nitro benzene ring substituents is 1. The van der Waals surface area contributed by atoms with Gasteiger partial charge in [0.15, 0.2) is 6.10 Å². The molecule has 1 atom stereocenters. The minimum absolute atomic E-state index is 0.230. The Balaban J connectivity index is 2.82. The molecule has 0 fully saturated rings. The Bertz CT molecular complexity index is 708. The van der Waals surface area contributed by atoms with Crippen molar-refractivity contribution in [3.63, 3.8) is 0 Å². The van der Waals surface area contributed by atoms with E-state index < -0.39 is 40.2 Å². The molecule has 0 radical (unpaired) electrons. The number of nitro groups is 1. The molecule has 0 aliphatic carbocycles. The molecular formula is C16H21N3O6. The molecule has 1 aromatic carbocycles. The van der Waals surface area contributed by atoms with Crippen LogP contribution in [-0.4, -0.2) is 34.5 Å². The van der Waals surface area contributed by atoms with Crippen molar-refractivity contribution < 1.29 is 24.0 Å². The van der Waals surface area contributed by atoms with Crippen molar-refractivity contribution in [3.05, 3.63) is 39.4 Å². The highest BCUT2D eigenvalue weighted by molar-refractivity contribution is 6.00. The highest BCUT2D eigenvalue weighted by Gasteiger charge is 2.28. The van der Waals surface area contributed by atoms with Crippen molar-refractivity contribution in [3.8, 4) is 0 Å². The quantitative estimate of drug-likeness (QED) is 0.485. The number of amides is 3. The van der Waals surface area contributed by atoms with Gasteiger partial charge in [0.1, 0.15) is 5.56 Å². The number of aryl methyl sites for hydroxylation is 1. The smallest absolute Gasteiger partial charge is 0.346 e. The molecular weight excluding hydrogens is 330 g/mol. The van der Waals surface area contributed by atoms with Gasteiger partial charge in [0.25, 0.3) is 11.6 Å². The van der Waals surface area contributed by atoms with Gasteiger partial charge >= 0.3 is 12.0 Å². The molecule has 3 amide bonds. The lowest BCUT2D eigenvalue weighted by molar-refractivity contribution is -0.385. The van der Waals surface area contributed by atoms with Gasteiger partial charge in [-0.05, 0) is 40.2 Å². The number of esters is 1. The highest BCUT2D eigenvalue weighted by Crippen LogP contribution is 2.23. The van der Waals surface area contributed by atoms with Crippen molar-refractivity contribution in [1.82, 2.24) is 10.6 Å². The maximum absolute atomic E-state index is 12.2. The first-order valence-electron chi connectivity index (χ1n) is 7.50. The molecule has 0 aliphatic heterocycles. The summed E-state index contributed by atoms with van der Waals surface area (Å²) in [4.78, 5) is 46.1. The SMILES string of the molecule is Cc1cccc([N+](=O)[O-])c1C(=O)OC(C)C(=O)NC(=O)NC(C)(C)C. The molecule has 1 aromatic rings. The van der Waals surface area contributed by atoms with Crippen LogP contribution in [0.4, 0.5) is 10.5 Å². The third-order valence-corrected chi connectivity index (χ3v) is 3.03. The second kappa shape index (κ2) is 7.73. The molecule has 1 unspecified atom stereocenters. The Morgan fingerprint density at radius 3 is 2.36 bits per heavy atom. The number of carbonyl (C=O) groups excluding carboxylic acids is 3. The maximum atomic E-state index is 12.2. The predicted octanol–water partition coefficient (Wildman–Crippen LogP) is 2.07. The number of ether oxygens (including phenoxy) is 1. The zero-order valence-electron chi connectivity index (χ0n) is 14.7. The summed E-state index contributed by atoms with van der Waals surface area (Å²) in [5, 5.41) is 15.6. The van der Waals surface area contributed by atoms with E-state index in [2.05, 4.69) is 5.32 Å². The van der Waals surface area contributed by atoms with E-state index >= 15 is 0 Å². The van der Waals surface area contributed by atoms with Gasteiger partial charge in [0.05, 0.1) is 4.92 Å². The van der Waals surface area contributed by atoms with Crippen LogP contribution in [-0.2, 0) is 9.53 Å². The van der Waals surface area contributed by atoms with E-state index in [1.54, 1.807) is 20.8 Å². The molecule has 136 valence electrons. The molecule has 0 saturated carbocycles. The second-order valence-electron chi connectivity index (χ2n) is 6.47. The standard InChI is InChI=1S/C16H21N3O6/c1-9-7-6-8-11(19(23)24)12(9)14(21)25-10(2)13(20)17-15(22)18-16(3,4)5/h6-8,10H,1-5H3,(H2,17,18,20,22). The van der Waals surface area contributed by atoms with Gasteiger partial charge < -0.3 is 10.1 Å². The summed E-state index contributed by atoms with van der Waals surface area (Å²) in [5.41, 5.74) is -0.849. The Labute approximate surface area is 144 Å². The molecule has 0 aliphatic rings. The minimum atomic E-state index is -1.31. The fraction of sp³-hybridized carbons (Fsp3) is 0.438. The van der Waals surface area contributed by atoms with Gasteiger partial charge in [-0.25, -0.2) is 9.59 Å². The van der Waals surface area contributed by atoms with E-state index in [1.807, 2.05) is 5.32 Å². The number of imide groups is 1. The molecule has 0 saturated heterocycles. The third kappa shape index (κ3) is 5.87. The first-order chi connectivity index (χ1) is 11.4. The number of nitrogens with zero attached hydrogens (tertiary/aromatic N) is 1. The summed E-state index contributed by atoms with van der Waals surface area (Å²) in [7, 11) is 0. The Morgan fingerprint density at radius 2 is 1.84 bits per heavy atom. The minimum Gasteiger partial charge on any atom is -0.449 e. The average Bonchev–Trinajstić information content (AvgIpc) is 2.44. The Morgan fingerprint density at radius 1 is 1.24 bits per heavy atom. The normalized spacial score (nSPS) is 12.0. The number of hydrogen-bond acceptors (Lipinski definition) is 6. The molecule has 2 N–H and O–H groups in total. The number of carbonyl (C=O) groups is 3. The van der Waals surface area contributed by atoms with Gasteiger partial charge in [-0.1, -0.05) is 12.1 Å². The zero-order chi connectivity index (χ0) is 19.4. The van der Waals surface area contributed by atoms with Gasteiger partial charge in [0.2, 0.25) is 0 Å². The van der Waals surface area contributed by atoms with Crippen molar-refractivity contribution >= 4 is 23.6 Å². The van der Waals surface area contributed by atoms with Crippen LogP contribution < -0.4 is 10.6 Å². The van der Waals surface area contributed by atoms with Crippen LogP contribution in [0.25, 0.3) is 0 Å². The molecule has 25 heavy (non-hydrogen) atoms. The zero-order valence-corrected chi connectivity index (χ0v) is 14.7. The topological polar surface area (TPSA) is 128 Å². The molecule has 0 bridgehead atoms. The van der Waals surface area contributed by atoms with Crippen LogP contribution in [0.2, 0.25) is 0 Å². The van der Waals surface area contributed by atoms with E-state index in [4.69, 9.17) is 4.74 Å². The first kappa shape index (κ1) is 20.1. The van der Waals surface area contributed by atoms with Crippen LogP contribution in [0.1, 0.15) is 43.6 Å². The van der Waals surface area contributed by atoms with Crippen LogP contribution >= 0.6 is 0 Å². The summed E-state index contributed by atoms with van der Waals surface area (Å²) in [6.07, 6.45) is -1.31. The van der Waals surface area contributed by atoms with Crippen molar-refractivity contribution in [1.29, 1.82) is 0 Å². The monoisotopic (exact) mass is 351 g/mol. The lowest BCUT2D eigenvalue weighted by Crippen LogP contribution is -2.50. The van der Waals surface area contributed by atoms with E-state index in [1.165, 1.54) is 32.0 Å². The molecule has 1 rings (SSSR count). The highest BCUT2D eigenvalue weighted by atomic mass is 16.6. The fourth-order valence-electron chi connectivity index (χ4n) is 1.93. The third-order valence-electron chi connectivity index (χ3n) is 3.03. The van der Waals surface area contributed by atoms with Gasteiger partial charge in [-0.2, -0.15) is 0 Å². The van der Waals surface area contributed by atoms with Crippen molar-refractivity contribution in [2.24, 2.45) is 0 Å². The number of rotatable bonds is 4. The first-order valence-corrected chi connectivity index (χ1v) is 7.50. The lowest BCUT2D eigenvalue weighted by atomic mass is 10.1. The van der Waals surface area contributed by atoms with E-state index in [-0.39, 0.29) is 5.56 Å². The number of nitrogens with one attached hydrogen (secondary N) is 2. The van der Waals surface area contributed by atoms with E-state index in [0.29, 0.717) is 5.56 Å². The Kier molecular flexibility index (Phi) is 6.21. The number of benzene rings is 1. The van der Waals surface area contributed by atoms with E-state index in [9.17, 15) is 24.5 Å². The van der Waals surface area contributed by atoms with Crippen LogP contribution in [0.3, 0.4) is 0 Å². The number of urea groups is 1. The second-order valence-corrected chi connectivity index (χ2v) is 6.47. The summed E-state index contributed by atoms with van der Waals surface area (Å²) < 4.78 is 4.97. The van der Waals surface area contributed by atoms with Crippen molar-refractivity contribution in [2.45, 2.75) is 46.3 Å². The largest absolute Gasteiger partial charge is 0.449 e. The van der Waals surface area contributed by atoms with Crippen LogP contribution in [0.15, 0.2) is 18.2 Å². The van der Waals surface area contributed by atoms with E-state index in [0.717, 1.165) is 0 Å². The van der Waals surface area contributed by atoms with Gasteiger partial charge in [0, 0.05) is 11.6 Å². The van der Waals surface area contributed by atoms with Crippen LogP contribution in [0, 0.1) is 17.0 Å². The fourth-order valence-corrected chi connectivity index (χ4v) is 1.93. The molecule has 9 heteroatoms. The lowest BCUT2D eigenvalue weighted by Gasteiger charge is -2.21. The van der Waals surface area contributed by atoms with Crippen LogP contribution in [0.5, 0.6) is 0 Å². The molecule has 9 nitrogen and oxygen atoms in total. The summed E-state index contributed by atoms with van der Waals surface area (Å²) in [6.45, 7) is 7.99. The molecule has 0 aromatic heterocycles. The molecule has 0 spiro atoms. The summed E-state index contributed by atoms with van der Waals surface area (Å²) in [5.74, 6) is -1.85. The average molecular weight is 351 g/mol. The summed E-state index contributed by atoms with van der Waals surface area (Å²) in [6, 6.07) is 3.40. The number of hydrogen-bond donors (Lipinski definition) is 2. The maximum Gasteiger partial charge on any atom is 0.346 e.